The number of nitrogens with zero attached hydrogens (tertiary/aromatic N) is 3. The number of carbonyl (C=O) groups is 2. The van der Waals surface area contributed by atoms with Gasteiger partial charge in [0.1, 0.15) is 11.8 Å². The number of hydrogen-bond acceptors (Lipinski definition) is 7. The average molecular weight is 515 g/mol. The van der Waals surface area contributed by atoms with Gasteiger partial charge < -0.3 is 19.2 Å². The quantitative estimate of drug-likeness (QED) is 0.375. The lowest BCUT2D eigenvalue weighted by atomic mass is 10.0. The van der Waals surface area contributed by atoms with E-state index in [2.05, 4.69) is 15.5 Å². The summed E-state index contributed by atoms with van der Waals surface area (Å²) in [7, 11) is 0. The minimum absolute atomic E-state index is 0.105. The van der Waals surface area contributed by atoms with Crippen molar-refractivity contribution in [2.75, 3.05) is 5.32 Å². The molecular weight excluding hydrogens is 496 g/mol. The molecule has 4 heterocycles. The normalized spacial score (nSPS) is 15.6. The molecule has 2 amide bonds. The van der Waals surface area contributed by atoms with E-state index in [0.29, 0.717) is 49.4 Å². The largest absolute Gasteiger partial charge is 0.400 e. The number of rotatable bonds is 4. The van der Waals surface area contributed by atoms with Gasteiger partial charge in [-0.1, -0.05) is 23.7 Å². The SMILES string of the molecule is Cc1onc2oc(=O)c3ccc(CN4C(=O)c5ccc(Cl)cc5NC(=O)[C@H]4Cc4ccccn4)cc3c12. The highest BCUT2D eigenvalue weighted by atomic mass is 35.5. The zero-order valence-corrected chi connectivity index (χ0v) is 20.3. The van der Waals surface area contributed by atoms with Crippen molar-refractivity contribution >= 4 is 51.0 Å². The number of carbonyl (C=O) groups excluding carboxylic acids is 2. The van der Waals surface area contributed by atoms with E-state index < -0.39 is 11.7 Å². The minimum atomic E-state index is -0.845. The molecule has 1 atom stereocenters. The van der Waals surface area contributed by atoms with E-state index >= 15 is 0 Å². The Hall–Kier alpha value is -4.50. The summed E-state index contributed by atoms with van der Waals surface area (Å²) < 4.78 is 10.5. The topological polar surface area (TPSA) is 119 Å². The van der Waals surface area contributed by atoms with E-state index in [4.69, 9.17) is 20.5 Å². The van der Waals surface area contributed by atoms with Crippen molar-refractivity contribution in [3.05, 3.63) is 98.8 Å². The third-order valence-corrected chi connectivity index (χ3v) is 6.72. The fourth-order valence-electron chi connectivity index (χ4n) is 4.70. The van der Waals surface area contributed by atoms with Crippen molar-refractivity contribution < 1.29 is 18.5 Å². The number of aryl methyl sites for hydroxylation is 1. The first-order valence-electron chi connectivity index (χ1n) is 11.5. The molecule has 2 aromatic carbocycles. The Morgan fingerprint density at radius 2 is 1.92 bits per heavy atom. The molecule has 1 aliphatic heterocycles. The van der Waals surface area contributed by atoms with Crippen LogP contribution in [-0.2, 0) is 17.8 Å². The number of amides is 2. The van der Waals surface area contributed by atoms with Gasteiger partial charge in [-0.15, -0.1) is 0 Å². The summed E-state index contributed by atoms with van der Waals surface area (Å²) in [4.78, 5) is 45.6. The summed E-state index contributed by atoms with van der Waals surface area (Å²) in [6, 6.07) is 14.6. The zero-order chi connectivity index (χ0) is 25.7. The molecule has 0 bridgehead atoms. The maximum absolute atomic E-state index is 13.8. The second kappa shape index (κ2) is 8.86. The van der Waals surface area contributed by atoms with E-state index in [1.54, 1.807) is 55.6 Å². The fraction of sp³-hybridized carbons (Fsp3) is 0.148. The number of fused-ring (bicyclic) bond motifs is 4. The van der Waals surface area contributed by atoms with Crippen LogP contribution >= 0.6 is 11.6 Å². The molecular formula is C27H19ClN4O5. The third-order valence-electron chi connectivity index (χ3n) is 6.49. The van der Waals surface area contributed by atoms with Gasteiger partial charge in [0, 0.05) is 35.3 Å². The predicted octanol–water partition coefficient (Wildman–Crippen LogP) is 4.50. The van der Waals surface area contributed by atoms with Crippen molar-refractivity contribution in [3.63, 3.8) is 0 Å². The lowest BCUT2D eigenvalue weighted by Crippen LogP contribution is -2.46. The molecule has 0 saturated carbocycles. The number of halogens is 1. The minimum Gasteiger partial charge on any atom is -0.400 e. The molecule has 10 heteroatoms. The van der Waals surface area contributed by atoms with Gasteiger partial charge in [0.2, 0.25) is 5.91 Å². The number of nitrogens with one attached hydrogen (secondary N) is 1. The summed E-state index contributed by atoms with van der Waals surface area (Å²) in [5.41, 5.74) is 1.64. The van der Waals surface area contributed by atoms with Gasteiger partial charge >= 0.3 is 5.63 Å². The lowest BCUT2D eigenvalue weighted by Gasteiger charge is -2.29. The van der Waals surface area contributed by atoms with E-state index in [9.17, 15) is 14.4 Å². The molecule has 3 aromatic heterocycles. The first-order valence-corrected chi connectivity index (χ1v) is 11.9. The van der Waals surface area contributed by atoms with Crippen molar-refractivity contribution in [3.8, 4) is 0 Å². The van der Waals surface area contributed by atoms with Crippen LogP contribution < -0.4 is 10.9 Å². The van der Waals surface area contributed by atoms with Crippen LogP contribution in [0.2, 0.25) is 5.02 Å². The van der Waals surface area contributed by atoms with Crippen LogP contribution in [0.5, 0.6) is 0 Å². The predicted molar refractivity (Wildman–Crippen MR) is 136 cm³/mol. The van der Waals surface area contributed by atoms with Crippen molar-refractivity contribution in [2.45, 2.75) is 25.9 Å². The third kappa shape index (κ3) is 4.03. The van der Waals surface area contributed by atoms with E-state index in [1.165, 1.54) is 4.90 Å². The first-order chi connectivity index (χ1) is 17.9. The molecule has 37 heavy (non-hydrogen) atoms. The Balaban J connectivity index is 1.47. The van der Waals surface area contributed by atoms with Gasteiger partial charge in [0.05, 0.1) is 22.0 Å². The number of benzene rings is 2. The molecule has 184 valence electrons. The van der Waals surface area contributed by atoms with Gasteiger partial charge in [-0.05, 0) is 60.1 Å². The molecule has 1 N–H and O–H groups in total. The summed E-state index contributed by atoms with van der Waals surface area (Å²) in [5, 5.41) is 8.64. The molecule has 0 radical (unpaired) electrons. The van der Waals surface area contributed by atoms with Crippen LogP contribution in [0.4, 0.5) is 5.69 Å². The van der Waals surface area contributed by atoms with Gasteiger partial charge in [0.15, 0.2) is 0 Å². The number of anilines is 1. The Kier molecular flexibility index (Phi) is 5.49. The molecule has 0 unspecified atom stereocenters. The molecule has 0 spiro atoms. The van der Waals surface area contributed by atoms with Crippen molar-refractivity contribution in [1.29, 1.82) is 0 Å². The highest BCUT2D eigenvalue weighted by Gasteiger charge is 2.36. The second-order valence-corrected chi connectivity index (χ2v) is 9.28. The van der Waals surface area contributed by atoms with E-state index in [-0.39, 0.29) is 30.5 Å². The van der Waals surface area contributed by atoms with Crippen molar-refractivity contribution in [1.82, 2.24) is 15.0 Å². The van der Waals surface area contributed by atoms with Crippen LogP contribution in [0, 0.1) is 6.92 Å². The van der Waals surface area contributed by atoms with Crippen LogP contribution in [0.1, 0.15) is 27.4 Å². The summed E-state index contributed by atoms with van der Waals surface area (Å²) in [6.45, 7) is 1.84. The highest BCUT2D eigenvalue weighted by molar-refractivity contribution is 6.31. The Morgan fingerprint density at radius 1 is 1.05 bits per heavy atom. The molecule has 9 nitrogen and oxygen atoms in total. The van der Waals surface area contributed by atoms with Crippen LogP contribution in [0.25, 0.3) is 21.9 Å². The maximum Gasteiger partial charge on any atom is 0.345 e. The molecule has 0 fully saturated rings. The smallest absolute Gasteiger partial charge is 0.345 e. The summed E-state index contributed by atoms with van der Waals surface area (Å²) >= 11 is 6.14. The van der Waals surface area contributed by atoms with Crippen LogP contribution in [0.3, 0.4) is 0 Å². The van der Waals surface area contributed by atoms with Crippen LogP contribution in [0.15, 0.2) is 74.5 Å². The maximum atomic E-state index is 13.8. The molecule has 0 saturated heterocycles. The number of aromatic nitrogens is 2. The fourth-order valence-corrected chi connectivity index (χ4v) is 4.87. The first kappa shape index (κ1) is 22.9. The van der Waals surface area contributed by atoms with Crippen molar-refractivity contribution in [2.24, 2.45) is 0 Å². The molecule has 1 aliphatic rings. The summed E-state index contributed by atoms with van der Waals surface area (Å²) in [5.74, 6) is -0.173. The lowest BCUT2D eigenvalue weighted by molar-refractivity contribution is -0.120. The monoisotopic (exact) mass is 514 g/mol. The molecule has 6 rings (SSSR count). The van der Waals surface area contributed by atoms with Gasteiger partial charge in [0.25, 0.3) is 11.6 Å². The zero-order valence-electron chi connectivity index (χ0n) is 19.5. The van der Waals surface area contributed by atoms with Gasteiger partial charge in [-0.2, -0.15) is 0 Å². The van der Waals surface area contributed by atoms with Crippen LogP contribution in [-0.4, -0.2) is 32.9 Å². The second-order valence-electron chi connectivity index (χ2n) is 8.84. The molecule has 0 aliphatic carbocycles. The van der Waals surface area contributed by atoms with E-state index in [1.807, 2.05) is 12.1 Å². The Labute approximate surface area is 214 Å². The molecule has 5 aromatic rings. The summed E-state index contributed by atoms with van der Waals surface area (Å²) in [6.07, 6.45) is 1.86. The number of pyridine rings is 1. The van der Waals surface area contributed by atoms with Gasteiger partial charge in [-0.3, -0.25) is 14.6 Å². The van der Waals surface area contributed by atoms with E-state index in [0.717, 1.165) is 0 Å². The van der Waals surface area contributed by atoms with Gasteiger partial charge in [-0.25, -0.2) is 4.79 Å². The Bertz CT molecular complexity index is 1760. The Morgan fingerprint density at radius 3 is 2.73 bits per heavy atom. The average Bonchev–Trinajstić information content (AvgIpc) is 3.22. The number of hydrogen-bond donors (Lipinski definition) is 1. The standard InChI is InChI=1S/C27H19ClN4O5/c1-14-23-20-10-15(5-7-18(20)27(35)36-25(23)31-37-14)13-32-22(12-17-4-2-3-9-29-17)24(33)30-21-11-16(28)6-8-19(21)26(32)34/h2-11,22H,12-13H2,1H3,(H,30,33)/t22-/m1/s1. The highest BCUT2D eigenvalue weighted by Crippen LogP contribution is 2.30.